The van der Waals surface area contributed by atoms with E-state index in [2.05, 4.69) is 29.3 Å². The predicted octanol–water partition coefficient (Wildman–Crippen LogP) is 0.896. The Labute approximate surface area is 153 Å². The second kappa shape index (κ2) is 6.65. The first kappa shape index (κ1) is 16.9. The number of benzene rings is 1. The van der Waals surface area contributed by atoms with Crippen molar-refractivity contribution in [2.24, 2.45) is 5.92 Å². The second-order valence-electron chi connectivity index (χ2n) is 7.20. The quantitative estimate of drug-likeness (QED) is 0.490. The number of para-hydroxylation sites is 1. The molecule has 1 unspecified atom stereocenters. The van der Waals surface area contributed by atoms with E-state index in [-0.39, 0.29) is 17.5 Å². The number of fused-ring (bicyclic) bond motifs is 5. The molecule has 0 amide bonds. The zero-order valence-corrected chi connectivity index (χ0v) is 15.2. The highest BCUT2D eigenvalue weighted by molar-refractivity contribution is 5.86. The van der Waals surface area contributed by atoms with Crippen LogP contribution in [0.2, 0.25) is 0 Å². The van der Waals surface area contributed by atoms with Crippen LogP contribution in [0, 0.1) is 5.92 Å². The summed E-state index contributed by atoms with van der Waals surface area (Å²) in [6, 6.07) is 8.67. The standard InChI is InChI=1S/C21H24N2O3/c1-3-13-11-23-9-8-15-14-6-4-5-7-18(14)22-20(15)19(23)10-16(13)17(12-26-2)21(24)25/h3-7,12,16,19,22H,8-11H2,1-2H3,(H,24,25)/b13-3-,17-12+/t16-,19-/m0/s1. The third-order valence-corrected chi connectivity index (χ3v) is 5.96. The molecule has 1 aromatic carbocycles. The molecule has 0 saturated carbocycles. The first-order chi connectivity index (χ1) is 12.6. The summed E-state index contributed by atoms with van der Waals surface area (Å²) in [4.78, 5) is 16.8. The number of hydrogen-bond donors (Lipinski definition) is 2. The van der Waals surface area contributed by atoms with Crippen LogP contribution >= 0.6 is 0 Å². The maximum Gasteiger partial charge on any atom is 0.129 e. The van der Waals surface area contributed by atoms with Crippen molar-refractivity contribution in [2.75, 3.05) is 20.2 Å². The Morgan fingerprint density at radius 1 is 1.38 bits per heavy atom. The van der Waals surface area contributed by atoms with Gasteiger partial charge in [-0.1, -0.05) is 24.3 Å². The number of methoxy groups -OCH3 is 1. The van der Waals surface area contributed by atoms with Crippen molar-refractivity contribution < 1.29 is 19.5 Å². The van der Waals surface area contributed by atoms with Crippen LogP contribution in [-0.4, -0.2) is 31.2 Å². The Kier molecular flexibility index (Phi) is 4.32. The molecular weight excluding hydrogens is 328 g/mol. The highest BCUT2D eigenvalue weighted by Crippen LogP contribution is 2.37. The summed E-state index contributed by atoms with van der Waals surface area (Å²) in [6.07, 6.45) is 5.19. The molecule has 1 saturated heterocycles. The Morgan fingerprint density at radius 2 is 2.19 bits per heavy atom. The SMILES string of the molecule is C/C=C1/C[NH+]2CCc3c([nH]c4ccccc34)[C@@H]2C[C@@H]1/C(=C\OC)C(=O)[O-]. The van der Waals surface area contributed by atoms with Gasteiger partial charge in [-0.15, -0.1) is 0 Å². The molecule has 2 N–H and O–H groups in total. The molecule has 3 atom stereocenters. The van der Waals surface area contributed by atoms with Gasteiger partial charge in [0.2, 0.25) is 0 Å². The molecular formula is C21H24N2O3. The molecule has 26 heavy (non-hydrogen) atoms. The van der Waals surface area contributed by atoms with E-state index in [1.54, 1.807) is 0 Å². The first-order valence-electron chi connectivity index (χ1n) is 9.17. The molecule has 2 aromatic rings. The van der Waals surface area contributed by atoms with Crippen LogP contribution in [0.5, 0.6) is 0 Å². The number of carbonyl (C=O) groups excluding carboxylic acids is 1. The first-order valence-corrected chi connectivity index (χ1v) is 9.17. The van der Waals surface area contributed by atoms with Crippen LogP contribution in [0.25, 0.3) is 10.9 Å². The summed E-state index contributed by atoms with van der Waals surface area (Å²) >= 11 is 0. The van der Waals surface area contributed by atoms with Gasteiger partial charge in [-0.25, -0.2) is 0 Å². The van der Waals surface area contributed by atoms with Crippen molar-refractivity contribution in [3.63, 3.8) is 0 Å². The molecule has 136 valence electrons. The highest BCUT2D eigenvalue weighted by Gasteiger charge is 2.42. The molecule has 0 spiro atoms. The lowest BCUT2D eigenvalue weighted by Gasteiger charge is -2.41. The summed E-state index contributed by atoms with van der Waals surface area (Å²) < 4.78 is 5.04. The van der Waals surface area contributed by atoms with E-state index in [9.17, 15) is 9.90 Å². The van der Waals surface area contributed by atoms with Gasteiger partial charge < -0.3 is 24.5 Å². The lowest BCUT2D eigenvalue weighted by molar-refractivity contribution is -0.934. The number of carboxylic acids is 1. The minimum Gasteiger partial charge on any atom is -0.545 e. The normalized spacial score (nSPS) is 27.2. The van der Waals surface area contributed by atoms with E-state index in [0.29, 0.717) is 0 Å². The summed E-state index contributed by atoms with van der Waals surface area (Å²) in [5.74, 6) is -1.32. The van der Waals surface area contributed by atoms with E-state index >= 15 is 0 Å². The number of aliphatic carboxylic acids is 1. The van der Waals surface area contributed by atoms with Gasteiger partial charge in [-0.05, 0) is 24.1 Å². The predicted molar refractivity (Wildman–Crippen MR) is 97.4 cm³/mol. The molecule has 0 radical (unpaired) electrons. The van der Waals surface area contributed by atoms with Crippen LogP contribution in [0.4, 0.5) is 0 Å². The number of ether oxygens (including phenoxy) is 1. The lowest BCUT2D eigenvalue weighted by Crippen LogP contribution is -3.14. The molecule has 1 fully saturated rings. The largest absolute Gasteiger partial charge is 0.545 e. The molecule has 0 aliphatic carbocycles. The molecule has 4 rings (SSSR count). The number of hydrogen-bond acceptors (Lipinski definition) is 3. The number of H-pyrrole nitrogens is 1. The number of allylic oxidation sites excluding steroid dienone is 1. The lowest BCUT2D eigenvalue weighted by atomic mass is 9.78. The van der Waals surface area contributed by atoms with Crippen LogP contribution in [0.3, 0.4) is 0 Å². The van der Waals surface area contributed by atoms with Gasteiger partial charge in [0.15, 0.2) is 0 Å². The van der Waals surface area contributed by atoms with Gasteiger partial charge in [-0.3, -0.25) is 0 Å². The number of piperidine rings is 1. The summed E-state index contributed by atoms with van der Waals surface area (Å²) in [5.41, 5.74) is 5.22. The molecule has 1 aromatic heterocycles. The van der Waals surface area contributed by atoms with Crippen molar-refractivity contribution in [3.8, 4) is 0 Å². The molecule has 0 bridgehead atoms. The summed E-state index contributed by atoms with van der Waals surface area (Å²) in [6.45, 7) is 3.91. The van der Waals surface area contributed by atoms with Gasteiger partial charge in [0, 0.05) is 35.2 Å². The van der Waals surface area contributed by atoms with E-state index in [0.717, 1.165) is 31.5 Å². The van der Waals surface area contributed by atoms with Crippen LogP contribution in [0.15, 0.2) is 47.7 Å². The Morgan fingerprint density at radius 3 is 2.92 bits per heavy atom. The van der Waals surface area contributed by atoms with Crippen LogP contribution < -0.4 is 10.0 Å². The highest BCUT2D eigenvalue weighted by atomic mass is 16.5. The van der Waals surface area contributed by atoms with E-state index in [1.807, 2.05) is 13.0 Å². The van der Waals surface area contributed by atoms with Crippen molar-refractivity contribution in [2.45, 2.75) is 25.8 Å². The fourth-order valence-corrected chi connectivity index (χ4v) is 4.75. The van der Waals surface area contributed by atoms with E-state index in [4.69, 9.17) is 4.74 Å². The molecule has 5 nitrogen and oxygen atoms in total. The van der Waals surface area contributed by atoms with Crippen molar-refractivity contribution in [1.29, 1.82) is 0 Å². The second-order valence-corrected chi connectivity index (χ2v) is 7.20. The Balaban J connectivity index is 1.76. The zero-order chi connectivity index (χ0) is 18.3. The molecule has 2 aliphatic heterocycles. The maximum atomic E-state index is 11.7. The van der Waals surface area contributed by atoms with E-state index in [1.165, 1.54) is 40.4 Å². The maximum absolute atomic E-state index is 11.7. The van der Waals surface area contributed by atoms with Crippen molar-refractivity contribution in [3.05, 3.63) is 59.0 Å². The number of aromatic nitrogens is 1. The fourth-order valence-electron chi connectivity index (χ4n) is 4.75. The number of quaternary nitrogens is 1. The topological polar surface area (TPSA) is 69.6 Å². The number of carboxylic acid groups (broad SMARTS) is 1. The Hall–Kier alpha value is -2.53. The minimum atomic E-state index is -1.15. The number of nitrogens with one attached hydrogen (secondary N) is 2. The smallest absolute Gasteiger partial charge is 0.129 e. The number of carbonyl (C=O) groups is 1. The minimum absolute atomic E-state index is 0.170. The average molecular weight is 352 g/mol. The molecule has 2 aliphatic rings. The monoisotopic (exact) mass is 352 g/mol. The summed E-state index contributed by atoms with van der Waals surface area (Å²) in [5, 5.41) is 13.0. The number of aromatic amines is 1. The zero-order valence-electron chi connectivity index (χ0n) is 15.2. The molecule has 5 heteroatoms. The van der Waals surface area contributed by atoms with E-state index < -0.39 is 5.97 Å². The fraction of sp³-hybridized carbons (Fsp3) is 0.381. The third-order valence-electron chi connectivity index (χ3n) is 5.96. The number of rotatable bonds is 3. The van der Waals surface area contributed by atoms with Crippen LogP contribution in [0.1, 0.15) is 30.6 Å². The van der Waals surface area contributed by atoms with Gasteiger partial charge in [-0.2, -0.15) is 0 Å². The molecule has 3 heterocycles. The van der Waals surface area contributed by atoms with Crippen molar-refractivity contribution >= 4 is 16.9 Å². The van der Waals surface area contributed by atoms with Gasteiger partial charge in [0.05, 0.1) is 38.1 Å². The van der Waals surface area contributed by atoms with Gasteiger partial charge in [0.1, 0.15) is 6.04 Å². The van der Waals surface area contributed by atoms with Gasteiger partial charge in [0.25, 0.3) is 0 Å². The third kappa shape index (κ3) is 2.63. The summed E-state index contributed by atoms with van der Waals surface area (Å²) in [7, 11) is 1.48. The van der Waals surface area contributed by atoms with Gasteiger partial charge >= 0.3 is 0 Å². The average Bonchev–Trinajstić information content (AvgIpc) is 3.04. The van der Waals surface area contributed by atoms with Crippen molar-refractivity contribution in [1.82, 2.24) is 4.98 Å². The van der Waals surface area contributed by atoms with Crippen LogP contribution in [-0.2, 0) is 16.0 Å². The Bertz CT molecular complexity index is 909.